The van der Waals surface area contributed by atoms with Crippen LogP contribution < -0.4 is 5.32 Å². The van der Waals surface area contributed by atoms with Crippen LogP contribution in [0.2, 0.25) is 0 Å². The van der Waals surface area contributed by atoms with Crippen molar-refractivity contribution in [3.8, 4) is 5.69 Å². The molecule has 3 aromatic rings. The topological polar surface area (TPSA) is 55.1 Å². The molecule has 1 fully saturated rings. The third kappa shape index (κ3) is 4.19. The van der Waals surface area contributed by atoms with E-state index in [1.165, 1.54) is 5.69 Å². The van der Waals surface area contributed by atoms with Gasteiger partial charge in [0.05, 0.1) is 24.0 Å². The first kappa shape index (κ1) is 20.4. The van der Waals surface area contributed by atoms with Gasteiger partial charge < -0.3 is 9.88 Å². The van der Waals surface area contributed by atoms with Crippen LogP contribution in [-0.4, -0.2) is 38.2 Å². The number of hydrogen-bond donors (Lipinski definition) is 1. The fraction of sp³-hybridized carbons (Fsp3) is 0.417. The average Bonchev–Trinajstić information content (AvgIpc) is 3.42. The molecule has 3 heterocycles. The van der Waals surface area contributed by atoms with Crippen molar-refractivity contribution < 1.29 is 4.79 Å². The molecule has 158 valence electrons. The van der Waals surface area contributed by atoms with Crippen molar-refractivity contribution in [3.05, 3.63) is 66.1 Å². The number of aromatic nitrogens is 3. The van der Waals surface area contributed by atoms with Crippen LogP contribution in [0.5, 0.6) is 0 Å². The summed E-state index contributed by atoms with van der Waals surface area (Å²) in [5.41, 5.74) is 3.05. The summed E-state index contributed by atoms with van der Waals surface area (Å²) in [5, 5.41) is 7.91. The number of carbonyl (C=O) groups excluding carboxylic acids is 1. The van der Waals surface area contributed by atoms with Crippen LogP contribution in [0.25, 0.3) is 5.69 Å². The number of benzene rings is 1. The van der Waals surface area contributed by atoms with E-state index in [0.717, 1.165) is 30.8 Å². The molecule has 1 aliphatic heterocycles. The van der Waals surface area contributed by atoms with Crippen molar-refractivity contribution >= 4 is 11.7 Å². The Morgan fingerprint density at radius 1 is 1.17 bits per heavy atom. The van der Waals surface area contributed by atoms with Gasteiger partial charge in [-0.25, -0.2) is 4.68 Å². The lowest BCUT2D eigenvalue weighted by molar-refractivity contribution is -0.117. The molecule has 6 nitrogen and oxygen atoms in total. The zero-order valence-electron chi connectivity index (χ0n) is 18.3. The lowest BCUT2D eigenvalue weighted by Gasteiger charge is -2.24. The maximum Gasteiger partial charge on any atom is 0.239 e. The molecular weight excluding hydrogens is 374 g/mol. The van der Waals surface area contributed by atoms with Crippen LogP contribution >= 0.6 is 0 Å². The molecule has 1 saturated heterocycles. The van der Waals surface area contributed by atoms with Gasteiger partial charge in [-0.1, -0.05) is 39.0 Å². The van der Waals surface area contributed by atoms with Gasteiger partial charge in [0.2, 0.25) is 5.91 Å². The van der Waals surface area contributed by atoms with Crippen LogP contribution in [0.4, 0.5) is 5.82 Å². The number of amides is 1. The van der Waals surface area contributed by atoms with E-state index in [-0.39, 0.29) is 11.3 Å². The standard InChI is InChI=1S/C24H31N5O/c1-24(2,3)21-16-22(29(26-21)18-10-6-5-7-11-18)25-23(30)17-28-15-9-13-20(28)19-12-8-14-27(19)4/h5-8,10-12,14,16,20H,9,13,15,17H2,1-4H3,(H,25,30)/t20-/m0/s1. The highest BCUT2D eigenvalue weighted by atomic mass is 16.2. The van der Waals surface area contributed by atoms with Crippen molar-refractivity contribution in [3.63, 3.8) is 0 Å². The van der Waals surface area contributed by atoms with Crippen molar-refractivity contribution in [2.75, 3.05) is 18.4 Å². The Labute approximate surface area is 178 Å². The number of nitrogens with one attached hydrogen (secondary N) is 1. The van der Waals surface area contributed by atoms with Gasteiger partial charge in [0.1, 0.15) is 5.82 Å². The lowest BCUT2D eigenvalue weighted by Crippen LogP contribution is -2.33. The van der Waals surface area contributed by atoms with Crippen LogP contribution in [-0.2, 0) is 17.3 Å². The summed E-state index contributed by atoms with van der Waals surface area (Å²) in [6.45, 7) is 7.70. The highest BCUT2D eigenvalue weighted by Crippen LogP contribution is 2.32. The first-order chi connectivity index (χ1) is 14.3. The minimum Gasteiger partial charge on any atom is -0.353 e. The van der Waals surface area contributed by atoms with Crippen molar-refractivity contribution in [2.45, 2.75) is 45.1 Å². The zero-order chi connectivity index (χ0) is 21.3. The third-order valence-electron chi connectivity index (χ3n) is 5.78. The van der Waals surface area contributed by atoms with Gasteiger partial charge >= 0.3 is 0 Å². The summed E-state index contributed by atoms with van der Waals surface area (Å²) < 4.78 is 3.98. The molecule has 0 radical (unpaired) electrons. The van der Waals surface area contributed by atoms with E-state index >= 15 is 0 Å². The number of hydrogen-bond acceptors (Lipinski definition) is 3. The summed E-state index contributed by atoms with van der Waals surface area (Å²) in [6, 6.07) is 16.4. The molecule has 0 spiro atoms. The minimum atomic E-state index is -0.105. The van der Waals surface area contributed by atoms with E-state index < -0.39 is 0 Å². The number of para-hydroxylation sites is 1. The molecule has 1 aliphatic rings. The SMILES string of the molecule is Cn1cccc1[C@@H]1CCCN1CC(=O)Nc1cc(C(C)(C)C)nn1-c1ccccc1. The van der Waals surface area contributed by atoms with E-state index in [0.29, 0.717) is 18.4 Å². The summed E-state index contributed by atoms with van der Waals surface area (Å²) in [6.07, 6.45) is 4.26. The van der Waals surface area contributed by atoms with Crippen LogP contribution in [0.1, 0.15) is 51.0 Å². The molecule has 1 aromatic carbocycles. The molecule has 0 saturated carbocycles. The number of aryl methyl sites for hydroxylation is 1. The van der Waals surface area contributed by atoms with E-state index in [1.807, 2.05) is 41.1 Å². The van der Waals surface area contributed by atoms with Crippen LogP contribution in [0, 0.1) is 0 Å². The summed E-state index contributed by atoms with van der Waals surface area (Å²) >= 11 is 0. The summed E-state index contributed by atoms with van der Waals surface area (Å²) in [4.78, 5) is 15.3. The van der Waals surface area contributed by atoms with Gasteiger partial charge in [-0.05, 0) is 43.7 Å². The number of likely N-dealkylation sites (tertiary alicyclic amines) is 1. The molecule has 1 atom stereocenters. The normalized spacial score (nSPS) is 17.4. The van der Waals surface area contributed by atoms with Gasteiger partial charge in [-0.15, -0.1) is 0 Å². The van der Waals surface area contributed by atoms with Gasteiger partial charge in [-0.2, -0.15) is 5.10 Å². The molecule has 30 heavy (non-hydrogen) atoms. The van der Waals surface area contributed by atoms with E-state index in [9.17, 15) is 4.79 Å². The Hall–Kier alpha value is -2.86. The molecule has 6 heteroatoms. The maximum absolute atomic E-state index is 13.0. The van der Waals surface area contributed by atoms with Gasteiger partial charge in [0, 0.05) is 30.4 Å². The Kier molecular flexibility index (Phi) is 5.52. The fourth-order valence-electron chi connectivity index (χ4n) is 4.14. The third-order valence-corrected chi connectivity index (χ3v) is 5.78. The molecular formula is C24H31N5O. The summed E-state index contributed by atoms with van der Waals surface area (Å²) in [7, 11) is 2.07. The summed E-state index contributed by atoms with van der Waals surface area (Å²) in [5.74, 6) is 0.708. The highest BCUT2D eigenvalue weighted by Gasteiger charge is 2.29. The molecule has 0 aliphatic carbocycles. The maximum atomic E-state index is 13.0. The predicted octanol–water partition coefficient (Wildman–Crippen LogP) is 4.28. The van der Waals surface area contributed by atoms with Gasteiger partial charge in [-0.3, -0.25) is 9.69 Å². The number of carbonyl (C=O) groups is 1. The minimum absolute atomic E-state index is 0.00588. The Bertz CT molecular complexity index is 1010. The van der Waals surface area contributed by atoms with Crippen LogP contribution in [0.15, 0.2) is 54.7 Å². The average molecular weight is 406 g/mol. The Balaban J connectivity index is 1.54. The van der Waals surface area contributed by atoms with E-state index in [1.54, 1.807) is 0 Å². The largest absolute Gasteiger partial charge is 0.353 e. The van der Waals surface area contributed by atoms with Crippen LogP contribution in [0.3, 0.4) is 0 Å². The second kappa shape index (κ2) is 8.11. The number of nitrogens with zero attached hydrogens (tertiary/aromatic N) is 4. The first-order valence-corrected chi connectivity index (χ1v) is 10.6. The monoisotopic (exact) mass is 405 g/mol. The zero-order valence-corrected chi connectivity index (χ0v) is 18.3. The highest BCUT2D eigenvalue weighted by molar-refractivity contribution is 5.91. The predicted molar refractivity (Wildman–Crippen MR) is 120 cm³/mol. The molecule has 1 amide bonds. The fourth-order valence-corrected chi connectivity index (χ4v) is 4.14. The molecule has 4 rings (SSSR count). The number of rotatable bonds is 5. The quantitative estimate of drug-likeness (QED) is 0.689. The van der Waals surface area contributed by atoms with Crippen molar-refractivity contribution in [1.29, 1.82) is 0 Å². The number of anilines is 1. The molecule has 2 aromatic heterocycles. The second-order valence-electron chi connectivity index (χ2n) is 9.13. The van der Waals surface area contributed by atoms with E-state index in [4.69, 9.17) is 5.10 Å². The molecule has 0 bridgehead atoms. The van der Waals surface area contributed by atoms with Crippen molar-refractivity contribution in [2.24, 2.45) is 7.05 Å². The lowest BCUT2D eigenvalue weighted by atomic mass is 9.92. The first-order valence-electron chi connectivity index (χ1n) is 10.6. The van der Waals surface area contributed by atoms with E-state index in [2.05, 4.69) is 60.9 Å². The molecule has 1 N–H and O–H groups in total. The second-order valence-corrected chi connectivity index (χ2v) is 9.13. The molecule has 0 unspecified atom stereocenters. The Morgan fingerprint density at radius 2 is 1.93 bits per heavy atom. The Morgan fingerprint density at radius 3 is 2.60 bits per heavy atom. The van der Waals surface area contributed by atoms with Gasteiger partial charge in [0.25, 0.3) is 0 Å². The van der Waals surface area contributed by atoms with Gasteiger partial charge in [0.15, 0.2) is 0 Å². The van der Waals surface area contributed by atoms with Crippen molar-refractivity contribution in [1.82, 2.24) is 19.2 Å². The smallest absolute Gasteiger partial charge is 0.239 e.